The highest BCUT2D eigenvalue weighted by Crippen LogP contribution is 2.12. The summed E-state index contributed by atoms with van der Waals surface area (Å²) in [4.78, 5) is 27.5. The molecule has 36 heavy (non-hydrogen) atoms. The number of aromatic nitrogens is 1. The van der Waals surface area contributed by atoms with Crippen molar-refractivity contribution in [1.29, 1.82) is 0 Å². The molecule has 0 aromatic carbocycles. The van der Waals surface area contributed by atoms with Gasteiger partial charge in [-0.15, -0.1) is 0 Å². The van der Waals surface area contributed by atoms with Crippen LogP contribution in [-0.2, 0) is 16.0 Å². The highest BCUT2D eigenvalue weighted by Gasteiger charge is 2.03. The second-order valence-corrected chi connectivity index (χ2v) is 9.53. The van der Waals surface area contributed by atoms with E-state index in [0.717, 1.165) is 37.8 Å². The van der Waals surface area contributed by atoms with E-state index < -0.39 is 6.09 Å². The average Bonchev–Trinajstić information content (AvgIpc) is 2.89. The molecule has 1 aromatic heterocycles. The van der Waals surface area contributed by atoms with Crippen molar-refractivity contribution in [2.24, 2.45) is 0 Å². The molecular weight excluding hydrogens is 454 g/mol. The molecule has 0 aliphatic heterocycles. The maximum Gasteiger partial charge on any atom is 0.407 e. The van der Waals surface area contributed by atoms with Crippen molar-refractivity contribution in [2.75, 3.05) is 19.8 Å². The molecule has 0 atom stereocenters. The van der Waals surface area contributed by atoms with Gasteiger partial charge in [0.25, 0.3) is 0 Å². The maximum atomic E-state index is 11.7. The van der Waals surface area contributed by atoms with Crippen LogP contribution in [0.3, 0.4) is 0 Å². The van der Waals surface area contributed by atoms with Crippen LogP contribution in [-0.4, -0.2) is 36.9 Å². The quantitative estimate of drug-likeness (QED) is 0.149. The van der Waals surface area contributed by atoms with Gasteiger partial charge in [-0.3, -0.25) is 4.98 Å². The van der Waals surface area contributed by atoms with Crippen molar-refractivity contribution in [3.05, 3.63) is 30.1 Å². The SMILES string of the molecule is CCCCCCCCCCCCCCCNC(=O)OCCCCCCOC(=O)NCc1ccccn1. The Morgan fingerprint density at radius 3 is 1.69 bits per heavy atom. The first-order valence-electron chi connectivity index (χ1n) is 14.4. The molecule has 0 aliphatic carbocycles. The summed E-state index contributed by atoms with van der Waals surface area (Å²) in [5.74, 6) is 0. The Morgan fingerprint density at radius 2 is 1.17 bits per heavy atom. The molecule has 1 rings (SSSR count). The Kier molecular flexibility index (Phi) is 21.5. The summed E-state index contributed by atoms with van der Waals surface area (Å²) in [7, 11) is 0. The number of carbonyl (C=O) groups is 2. The molecule has 206 valence electrons. The third kappa shape index (κ3) is 21.0. The predicted molar refractivity (Wildman–Crippen MR) is 146 cm³/mol. The van der Waals surface area contributed by atoms with Crippen LogP contribution in [0, 0.1) is 0 Å². The van der Waals surface area contributed by atoms with E-state index in [9.17, 15) is 9.59 Å². The predicted octanol–water partition coefficient (Wildman–Crippen LogP) is 7.69. The number of unbranched alkanes of at least 4 members (excludes halogenated alkanes) is 15. The number of pyridine rings is 1. The first kappa shape index (κ1) is 31.7. The lowest BCUT2D eigenvalue weighted by Gasteiger charge is -2.08. The van der Waals surface area contributed by atoms with Gasteiger partial charge in [0, 0.05) is 12.7 Å². The van der Waals surface area contributed by atoms with Gasteiger partial charge in [-0.25, -0.2) is 9.59 Å². The third-order valence-electron chi connectivity index (χ3n) is 6.19. The summed E-state index contributed by atoms with van der Waals surface area (Å²) >= 11 is 0. The number of alkyl carbamates (subject to hydrolysis) is 2. The van der Waals surface area contributed by atoms with Gasteiger partial charge in [-0.05, 0) is 44.2 Å². The molecule has 0 saturated heterocycles. The van der Waals surface area contributed by atoms with E-state index in [2.05, 4.69) is 22.5 Å². The molecule has 7 heteroatoms. The van der Waals surface area contributed by atoms with Crippen LogP contribution in [0.15, 0.2) is 24.4 Å². The van der Waals surface area contributed by atoms with Crippen molar-refractivity contribution in [2.45, 2.75) is 123 Å². The Labute approximate surface area is 219 Å². The molecule has 0 spiro atoms. The second-order valence-electron chi connectivity index (χ2n) is 9.53. The minimum atomic E-state index is -0.427. The molecule has 1 heterocycles. The first-order valence-corrected chi connectivity index (χ1v) is 14.4. The van der Waals surface area contributed by atoms with E-state index in [-0.39, 0.29) is 6.09 Å². The molecular formula is C29H51N3O4. The van der Waals surface area contributed by atoms with Crippen LogP contribution in [0.5, 0.6) is 0 Å². The number of rotatable bonds is 23. The van der Waals surface area contributed by atoms with Gasteiger partial charge in [0.05, 0.1) is 25.5 Å². The van der Waals surface area contributed by atoms with Crippen LogP contribution < -0.4 is 10.6 Å². The van der Waals surface area contributed by atoms with Crippen molar-refractivity contribution >= 4 is 12.2 Å². The number of nitrogens with one attached hydrogen (secondary N) is 2. The maximum absolute atomic E-state index is 11.7. The zero-order valence-electron chi connectivity index (χ0n) is 22.7. The van der Waals surface area contributed by atoms with E-state index in [4.69, 9.17) is 9.47 Å². The molecule has 0 bridgehead atoms. The van der Waals surface area contributed by atoms with Gasteiger partial charge in [-0.2, -0.15) is 0 Å². The van der Waals surface area contributed by atoms with Crippen LogP contribution in [0.4, 0.5) is 9.59 Å². The molecule has 0 radical (unpaired) electrons. The Balaban J connectivity index is 1.76. The van der Waals surface area contributed by atoms with Crippen LogP contribution >= 0.6 is 0 Å². The number of ether oxygens (including phenoxy) is 2. The van der Waals surface area contributed by atoms with Gasteiger partial charge >= 0.3 is 12.2 Å². The summed E-state index contributed by atoms with van der Waals surface area (Å²) in [6.45, 7) is 4.13. The fourth-order valence-corrected chi connectivity index (χ4v) is 3.99. The number of hydrogen-bond donors (Lipinski definition) is 2. The Hall–Kier alpha value is -2.31. The van der Waals surface area contributed by atoms with Crippen LogP contribution in [0.25, 0.3) is 0 Å². The van der Waals surface area contributed by atoms with E-state index in [1.54, 1.807) is 6.20 Å². The molecule has 2 N–H and O–H groups in total. The minimum Gasteiger partial charge on any atom is -0.450 e. The topological polar surface area (TPSA) is 89.5 Å². The number of carbonyl (C=O) groups excluding carboxylic acids is 2. The minimum absolute atomic E-state index is 0.318. The smallest absolute Gasteiger partial charge is 0.407 e. The fraction of sp³-hybridized carbons (Fsp3) is 0.759. The lowest BCUT2D eigenvalue weighted by atomic mass is 10.0. The normalized spacial score (nSPS) is 10.7. The summed E-state index contributed by atoms with van der Waals surface area (Å²) in [6.07, 6.45) is 21.6. The molecule has 0 fully saturated rings. The molecule has 0 saturated carbocycles. The lowest BCUT2D eigenvalue weighted by Crippen LogP contribution is -2.25. The second kappa shape index (κ2) is 24.4. The van der Waals surface area contributed by atoms with Gasteiger partial charge < -0.3 is 20.1 Å². The molecule has 2 amide bonds. The summed E-state index contributed by atoms with van der Waals surface area (Å²) < 4.78 is 10.4. The number of hydrogen-bond acceptors (Lipinski definition) is 5. The molecule has 7 nitrogen and oxygen atoms in total. The van der Waals surface area contributed by atoms with Gasteiger partial charge in [0.1, 0.15) is 0 Å². The largest absolute Gasteiger partial charge is 0.450 e. The summed E-state index contributed by atoms with van der Waals surface area (Å²) in [5, 5.41) is 5.52. The van der Waals surface area contributed by atoms with Gasteiger partial charge in [-0.1, -0.05) is 90.0 Å². The average molecular weight is 506 g/mol. The van der Waals surface area contributed by atoms with Crippen molar-refractivity contribution in [3.8, 4) is 0 Å². The molecule has 0 unspecified atom stereocenters. The molecule has 0 aliphatic rings. The van der Waals surface area contributed by atoms with Gasteiger partial charge in [0.2, 0.25) is 0 Å². The van der Waals surface area contributed by atoms with Gasteiger partial charge in [0.15, 0.2) is 0 Å². The first-order chi connectivity index (χ1) is 17.7. The highest BCUT2D eigenvalue weighted by molar-refractivity contribution is 5.67. The van der Waals surface area contributed by atoms with E-state index in [0.29, 0.717) is 26.3 Å². The monoisotopic (exact) mass is 505 g/mol. The summed E-state index contributed by atoms with van der Waals surface area (Å²) in [6, 6.07) is 5.56. The zero-order valence-corrected chi connectivity index (χ0v) is 22.7. The zero-order chi connectivity index (χ0) is 25.9. The highest BCUT2D eigenvalue weighted by atomic mass is 16.6. The van der Waals surface area contributed by atoms with Crippen molar-refractivity contribution in [3.63, 3.8) is 0 Å². The Morgan fingerprint density at radius 1 is 0.667 bits per heavy atom. The lowest BCUT2D eigenvalue weighted by molar-refractivity contribution is 0.138. The van der Waals surface area contributed by atoms with Crippen LogP contribution in [0.2, 0.25) is 0 Å². The number of amides is 2. The fourth-order valence-electron chi connectivity index (χ4n) is 3.99. The van der Waals surface area contributed by atoms with E-state index in [1.807, 2.05) is 18.2 Å². The van der Waals surface area contributed by atoms with E-state index in [1.165, 1.54) is 77.0 Å². The van der Waals surface area contributed by atoms with Crippen molar-refractivity contribution in [1.82, 2.24) is 15.6 Å². The van der Waals surface area contributed by atoms with Crippen molar-refractivity contribution < 1.29 is 19.1 Å². The summed E-state index contributed by atoms with van der Waals surface area (Å²) in [5.41, 5.74) is 0.794. The molecule has 1 aromatic rings. The standard InChI is InChI=1S/C29H51N3O4/c1-2-3-4-5-6-7-8-9-10-11-12-13-17-23-31-28(33)35-24-19-14-15-20-25-36-29(34)32-26-27-21-16-18-22-30-27/h16,18,21-22H,2-15,17,19-20,23-26H2,1H3,(H,31,33)(H,32,34). The third-order valence-corrected chi connectivity index (χ3v) is 6.19. The number of nitrogens with zero attached hydrogens (tertiary/aromatic N) is 1. The Bertz CT molecular complexity index is 643. The van der Waals surface area contributed by atoms with E-state index >= 15 is 0 Å². The van der Waals surface area contributed by atoms with Crippen LogP contribution in [0.1, 0.15) is 122 Å².